The molecule has 0 radical (unpaired) electrons. The molecule has 5 heteroatoms. The third kappa shape index (κ3) is 5.15. The number of aromatic nitrogens is 1. The van der Waals surface area contributed by atoms with Crippen LogP contribution in [-0.2, 0) is 24.2 Å². The molecule has 168 valence electrons. The summed E-state index contributed by atoms with van der Waals surface area (Å²) in [5.41, 5.74) is 3.61. The van der Waals surface area contributed by atoms with E-state index in [9.17, 15) is 4.79 Å². The van der Waals surface area contributed by atoms with Crippen molar-refractivity contribution in [3.63, 3.8) is 0 Å². The van der Waals surface area contributed by atoms with Gasteiger partial charge in [0.05, 0.1) is 17.1 Å². The number of nitrogens with zero attached hydrogens (tertiary/aromatic N) is 3. The number of fused-ring (bicyclic) bond motifs is 1. The van der Waals surface area contributed by atoms with Gasteiger partial charge < -0.3 is 4.90 Å². The lowest BCUT2D eigenvalue weighted by atomic mass is 10.0. The molecule has 1 saturated heterocycles. The van der Waals surface area contributed by atoms with Crippen LogP contribution in [0.25, 0.3) is 10.8 Å². The SMILES string of the molecule is Cc1nc(Cc2cccc3ccccc23)sc1CC(=O)N1CCN(Cc2ccccc2)CC1. The quantitative estimate of drug-likeness (QED) is 0.407. The molecule has 1 aliphatic rings. The van der Waals surface area contributed by atoms with Crippen molar-refractivity contribution >= 4 is 28.0 Å². The number of carbonyl (C=O) groups excluding carboxylic acids is 1. The van der Waals surface area contributed by atoms with Gasteiger partial charge in [-0.25, -0.2) is 4.98 Å². The van der Waals surface area contributed by atoms with Gasteiger partial charge in [0.25, 0.3) is 0 Å². The maximum absolute atomic E-state index is 13.0. The molecular weight excluding hydrogens is 426 g/mol. The Hall–Kier alpha value is -3.02. The largest absolute Gasteiger partial charge is 0.340 e. The van der Waals surface area contributed by atoms with Crippen LogP contribution in [0.15, 0.2) is 72.8 Å². The molecule has 0 N–H and O–H groups in total. The van der Waals surface area contributed by atoms with E-state index >= 15 is 0 Å². The minimum Gasteiger partial charge on any atom is -0.340 e. The van der Waals surface area contributed by atoms with Crippen LogP contribution in [0.1, 0.15) is 26.7 Å². The Labute approximate surface area is 199 Å². The van der Waals surface area contributed by atoms with Gasteiger partial charge in [-0.15, -0.1) is 11.3 Å². The molecule has 5 rings (SSSR count). The van der Waals surface area contributed by atoms with Gasteiger partial charge >= 0.3 is 0 Å². The normalized spacial score (nSPS) is 14.6. The molecule has 0 spiro atoms. The summed E-state index contributed by atoms with van der Waals surface area (Å²) in [7, 11) is 0. The number of rotatable bonds is 6. The zero-order valence-corrected chi connectivity index (χ0v) is 19.9. The van der Waals surface area contributed by atoms with E-state index in [1.807, 2.05) is 11.8 Å². The van der Waals surface area contributed by atoms with Crippen LogP contribution in [0.3, 0.4) is 0 Å². The van der Waals surface area contributed by atoms with Crippen molar-refractivity contribution in [3.05, 3.63) is 99.5 Å². The third-order valence-corrected chi connectivity index (χ3v) is 7.60. The highest BCUT2D eigenvalue weighted by Crippen LogP contribution is 2.26. The van der Waals surface area contributed by atoms with Crippen molar-refractivity contribution in [3.8, 4) is 0 Å². The summed E-state index contributed by atoms with van der Waals surface area (Å²) in [5, 5.41) is 3.61. The summed E-state index contributed by atoms with van der Waals surface area (Å²) in [6.07, 6.45) is 1.26. The van der Waals surface area contributed by atoms with E-state index in [-0.39, 0.29) is 5.91 Å². The zero-order chi connectivity index (χ0) is 22.6. The number of hydrogen-bond donors (Lipinski definition) is 0. The maximum atomic E-state index is 13.0. The third-order valence-electron chi connectivity index (χ3n) is 6.44. The van der Waals surface area contributed by atoms with Crippen LogP contribution in [0, 0.1) is 6.92 Å². The first-order valence-corrected chi connectivity index (χ1v) is 12.4. The predicted octanol–water partition coefficient (Wildman–Crippen LogP) is 5.08. The standard InChI is InChI=1S/C28H29N3OS/c1-21-26(33-27(29-21)18-24-12-7-11-23-10-5-6-13-25(23)24)19-28(32)31-16-14-30(15-17-31)20-22-8-3-2-4-9-22/h2-13H,14-20H2,1H3. The van der Waals surface area contributed by atoms with E-state index in [0.717, 1.165) is 54.7 Å². The van der Waals surface area contributed by atoms with E-state index in [4.69, 9.17) is 4.98 Å². The minimum atomic E-state index is 0.220. The van der Waals surface area contributed by atoms with Gasteiger partial charge in [-0.3, -0.25) is 9.69 Å². The van der Waals surface area contributed by atoms with Crippen LogP contribution in [0.5, 0.6) is 0 Å². The minimum absolute atomic E-state index is 0.220. The van der Waals surface area contributed by atoms with Crippen LogP contribution >= 0.6 is 11.3 Å². The fourth-order valence-electron chi connectivity index (χ4n) is 4.58. The fourth-order valence-corrected chi connectivity index (χ4v) is 5.67. The van der Waals surface area contributed by atoms with Gasteiger partial charge in [-0.05, 0) is 28.8 Å². The number of piperazine rings is 1. The number of hydrogen-bond acceptors (Lipinski definition) is 4. The van der Waals surface area contributed by atoms with Crippen molar-refractivity contribution in [1.82, 2.24) is 14.8 Å². The number of aryl methyl sites for hydroxylation is 1. The first kappa shape index (κ1) is 21.8. The lowest BCUT2D eigenvalue weighted by Crippen LogP contribution is -2.48. The summed E-state index contributed by atoms with van der Waals surface area (Å²) in [6.45, 7) is 6.43. The summed E-state index contributed by atoms with van der Waals surface area (Å²) in [4.78, 5) is 23.4. The van der Waals surface area contributed by atoms with Crippen LogP contribution < -0.4 is 0 Å². The second-order valence-electron chi connectivity index (χ2n) is 8.75. The molecule has 33 heavy (non-hydrogen) atoms. The average Bonchev–Trinajstić information content (AvgIpc) is 3.18. The van der Waals surface area contributed by atoms with Crippen molar-refractivity contribution < 1.29 is 4.79 Å². The van der Waals surface area contributed by atoms with Gasteiger partial charge in [0.2, 0.25) is 5.91 Å². The average molecular weight is 456 g/mol. The maximum Gasteiger partial charge on any atom is 0.227 e. The molecule has 3 aromatic carbocycles. The Kier molecular flexibility index (Phi) is 6.51. The molecule has 4 aromatic rings. The summed E-state index contributed by atoms with van der Waals surface area (Å²) in [6, 6.07) is 25.5. The molecule has 0 unspecified atom stereocenters. The molecule has 0 aliphatic carbocycles. The summed E-state index contributed by atoms with van der Waals surface area (Å²) in [5.74, 6) is 0.220. The van der Waals surface area contributed by atoms with Gasteiger partial charge in [-0.2, -0.15) is 0 Å². The van der Waals surface area contributed by atoms with Gasteiger partial charge in [0.1, 0.15) is 0 Å². The van der Waals surface area contributed by atoms with Crippen molar-refractivity contribution in [2.75, 3.05) is 26.2 Å². The molecule has 4 nitrogen and oxygen atoms in total. The highest BCUT2D eigenvalue weighted by Gasteiger charge is 2.23. The van der Waals surface area contributed by atoms with Crippen LogP contribution in [0.2, 0.25) is 0 Å². The second-order valence-corrected chi connectivity index (χ2v) is 9.92. The lowest BCUT2D eigenvalue weighted by molar-refractivity contribution is -0.132. The molecule has 1 fully saturated rings. The van der Waals surface area contributed by atoms with E-state index in [1.54, 1.807) is 11.3 Å². The van der Waals surface area contributed by atoms with E-state index in [1.165, 1.54) is 21.9 Å². The number of amides is 1. The predicted molar refractivity (Wildman–Crippen MR) is 136 cm³/mol. The van der Waals surface area contributed by atoms with E-state index in [2.05, 4.69) is 77.7 Å². The first-order chi connectivity index (χ1) is 16.2. The summed E-state index contributed by atoms with van der Waals surface area (Å²) >= 11 is 1.69. The fraction of sp³-hybridized carbons (Fsp3) is 0.286. The van der Waals surface area contributed by atoms with E-state index in [0.29, 0.717) is 6.42 Å². The van der Waals surface area contributed by atoms with Gasteiger partial charge in [0.15, 0.2) is 0 Å². The highest BCUT2D eigenvalue weighted by molar-refractivity contribution is 7.11. The second kappa shape index (κ2) is 9.86. The number of benzene rings is 3. The van der Waals surface area contributed by atoms with Gasteiger partial charge in [0, 0.05) is 44.0 Å². The van der Waals surface area contributed by atoms with Crippen LogP contribution in [0.4, 0.5) is 0 Å². The van der Waals surface area contributed by atoms with Crippen LogP contribution in [-0.4, -0.2) is 46.9 Å². The summed E-state index contributed by atoms with van der Waals surface area (Å²) < 4.78 is 0. The Morgan fingerprint density at radius 1 is 0.909 bits per heavy atom. The topological polar surface area (TPSA) is 36.4 Å². The highest BCUT2D eigenvalue weighted by atomic mass is 32.1. The monoisotopic (exact) mass is 455 g/mol. The first-order valence-electron chi connectivity index (χ1n) is 11.6. The number of carbonyl (C=O) groups is 1. The van der Waals surface area contributed by atoms with Crippen molar-refractivity contribution in [2.24, 2.45) is 0 Å². The molecule has 0 saturated carbocycles. The Balaban J connectivity index is 1.19. The number of thiazole rings is 1. The zero-order valence-electron chi connectivity index (χ0n) is 19.0. The molecule has 0 atom stereocenters. The smallest absolute Gasteiger partial charge is 0.227 e. The van der Waals surface area contributed by atoms with E-state index < -0.39 is 0 Å². The Morgan fingerprint density at radius 3 is 2.45 bits per heavy atom. The van der Waals surface area contributed by atoms with Gasteiger partial charge in [-0.1, -0.05) is 72.8 Å². The molecule has 1 aliphatic heterocycles. The molecular formula is C28H29N3OS. The van der Waals surface area contributed by atoms with Crippen molar-refractivity contribution in [1.29, 1.82) is 0 Å². The lowest BCUT2D eigenvalue weighted by Gasteiger charge is -2.34. The van der Waals surface area contributed by atoms with Crippen molar-refractivity contribution in [2.45, 2.75) is 26.3 Å². The Morgan fingerprint density at radius 2 is 1.64 bits per heavy atom. The molecule has 0 bridgehead atoms. The Bertz CT molecular complexity index is 1240. The molecule has 1 amide bonds. The molecule has 1 aromatic heterocycles. The molecule has 2 heterocycles.